The predicted octanol–water partition coefficient (Wildman–Crippen LogP) is 4.03. The Morgan fingerprint density at radius 1 is 1.21 bits per heavy atom. The number of hydrogen-bond donors (Lipinski definition) is 0. The molecule has 0 bridgehead atoms. The van der Waals surface area contributed by atoms with Crippen molar-refractivity contribution in [2.24, 2.45) is 7.05 Å². The van der Waals surface area contributed by atoms with Gasteiger partial charge in [-0.3, -0.25) is 4.68 Å². The Kier molecular flexibility index (Phi) is 4.77. The summed E-state index contributed by atoms with van der Waals surface area (Å²) in [6.07, 6.45) is 2.61. The molecule has 0 saturated heterocycles. The Morgan fingerprint density at radius 3 is 2.47 bits per heavy atom. The average molecular weight is 318 g/mol. The van der Waals surface area contributed by atoms with E-state index in [0.717, 1.165) is 11.3 Å². The lowest BCUT2D eigenvalue weighted by atomic mass is 9.80. The standard InChI is InChI=1S/C14H15Cl3N2/c1-19-6-5-13(18-19)8-14(9-15,10-16)11-3-2-4-12(17)7-11/h2-7H,8-10H2,1H3. The zero-order valence-electron chi connectivity index (χ0n) is 10.6. The molecule has 0 N–H and O–H groups in total. The fourth-order valence-corrected chi connectivity index (χ4v) is 3.08. The van der Waals surface area contributed by atoms with Gasteiger partial charge in [0.25, 0.3) is 0 Å². The molecule has 0 spiro atoms. The third-order valence-corrected chi connectivity index (χ3v) is 4.50. The summed E-state index contributed by atoms with van der Waals surface area (Å²) in [4.78, 5) is 0. The molecular weight excluding hydrogens is 303 g/mol. The highest BCUT2D eigenvalue weighted by molar-refractivity contribution is 6.30. The van der Waals surface area contributed by atoms with Crippen LogP contribution < -0.4 is 0 Å². The van der Waals surface area contributed by atoms with Gasteiger partial charge in [0.05, 0.1) is 5.69 Å². The molecule has 0 fully saturated rings. The lowest BCUT2D eigenvalue weighted by molar-refractivity contribution is 0.524. The van der Waals surface area contributed by atoms with E-state index >= 15 is 0 Å². The Morgan fingerprint density at radius 2 is 1.95 bits per heavy atom. The molecule has 2 nitrogen and oxygen atoms in total. The van der Waals surface area contributed by atoms with E-state index in [9.17, 15) is 0 Å². The Labute approximate surface area is 128 Å². The second-order valence-electron chi connectivity index (χ2n) is 4.72. The summed E-state index contributed by atoms with van der Waals surface area (Å²) in [5, 5.41) is 5.10. The maximum Gasteiger partial charge on any atom is 0.0634 e. The first-order valence-electron chi connectivity index (χ1n) is 5.96. The number of benzene rings is 1. The zero-order chi connectivity index (χ0) is 13.9. The second-order valence-corrected chi connectivity index (χ2v) is 5.69. The summed E-state index contributed by atoms with van der Waals surface area (Å²) in [5.74, 6) is 0.848. The molecule has 19 heavy (non-hydrogen) atoms. The molecular formula is C14H15Cl3N2. The minimum atomic E-state index is -0.345. The monoisotopic (exact) mass is 316 g/mol. The molecule has 1 aromatic heterocycles. The third-order valence-electron chi connectivity index (χ3n) is 3.24. The minimum Gasteiger partial charge on any atom is -0.276 e. The average Bonchev–Trinajstić information content (AvgIpc) is 2.81. The summed E-state index contributed by atoms with van der Waals surface area (Å²) in [6.45, 7) is 0. The first kappa shape index (κ1) is 14.7. The number of rotatable bonds is 5. The predicted molar refractivity (Wildman–Crippen MR) is 81.5 cm³/mol. The summed E-state index contributed by atoms with van der Waals surface area (Å²) in [5.41, 5.74) is 1.68. The van der Waals surface area contributed by atoms with Crippen LogP contribution in [0.15, 0.2) is 36.5 Å². The van der Waals surface area contributed by atoms with Crippen molar-refractivity contribution in [2.75, 3.05) is 11.8 Å². The number of aromatic nitrogens is 2. The summed E-state index contributed by atoms with van der Waals surface area (Å²) in [7, 11) is 1.89. The molecule has 5 heteroatoms. The molecule has 102 valence electrons. The minimum absolute atomic E-state index is 0.345. The number of hydrogen-bond acceptors (Lipinski definition) is 1. The highest BCUT2D eigenvalue weighted by atomic mass is 35.5. The van der Waals surface area contributed by atoms with Gasteiger partial charge in [0.1, 0.15) is 0 Å². The molecule has 0 aliphatic carbocycles. The number of halogens is 3. The van der Waals surface area contributed by atoms with Gasteiger partial charge in [-0.1, -0.05) is 23.7 Å². The molecule has 1 heterocycles. The van der Waals surface area contributed by atoms with Gasteiger partial charge in [-0.15, -0.1) is 23.2 Å². The van der Waals surface area contributed by atoms with Gasteiger partial charge in [0, 0.05) is 41.9 Å². The van der Waals surface area contributed by atoms with Crippen LogP contribution in [-0.2, 0) is 18.9 Å². The summed E-state index contributed by atoms with van der Waals surface area (Å²) < 4.78 is 1.78. The van der Waals surface area contributed by atoms with Crippen molar-refractivity contribution in [1.29, 1.82) is 0 Å². The smallest absolute Gasteiger partial charge is 0.0634 e. The third kappa shape index (κ3) is 3.25. The van der Waals surface area contributed by atoms with E-state index in [4.69, 9.17) is 34.8 Å². The fourth-order valence-electron chi connectivity index (χ4n) is 2.11. The lowest BCUT2D eigenvalue weighted by Gasteiger charge is -2.29. The van der Waals surface area contributed by atoms with Gasteiger partial charge in [-0.2, -0.15) is 5.10 Å². The Bertz CT molecular complexity index is 547. The maximum absolute atomic E-state index is 6.21. The highest BCUT2D eigenvalue weighted by Gasteiger charge is 2.32. The maximum atomic E-state index is 6.21. The molecule has 2 aromatic rings. The number of aryl methyl sites for hydroxylation is 1. The summed E-state index contributed by atoms with van der Waals surface area (Å²) in [6, 6.07) is 9.69. The molecule has 0 amide bonds. The van der Waals surface area contributed by atoms with Gasteiger partial charge in [0.2, 0.25) is 0 Å². The van der Waals surface area contributed by atoms with E-state index in [1.165, 1.54) is 0 Å². The van der Waals surface area contributed by atoms with Crippen LogP contribution in [0.3, 0.4) is 0 Å². The molecule has 0 unspecified atom stereocenters. The van der Waals surface area contributed by atoms with Gasteiger partial charge in [0.15, 0.2) is 0 Å². The van der Waals surface area contributed by atoms with Crippen LogP contribution in [0.1, 0.15) is 11.3 Å². The molecule has 1 aromatic carbocycles. The summed E-state index contributed by atoms with van der Waals surface area (Å²) >= 11 is 18.5. The molecule has 0 radical (unpaired) electrons. The number of alkyl halides is 2. The van der Waals surface area contributed by atoms with Crippen LogP contribution in [0.5, 0.6) is 0 Å². The number of nitrogens with zero attached hydrogens (tertiary/aromatic N) is 2. The normalized spacial score (nSPS) is 11.8. The largest absolute Gasteiger partial charge is 0.276 e. The Hall–Kier alpha value is -0.700. The van der Waals surface area contributed by atoms with Crippen molar-refractivity contribution in [3.8, 4) is 0 Å². The van der Waals surface area contributed by atoms with Crippen molar-refractivity contribution in [3.63, 3.8) is 0 Å². The van der Waals surface area contributed by atoms with Crippen LogP contribution >= 0.6 is 34.8 Å². The zero-order valence-corrected chi connectivity index (χ0v) is 12.9. The SMILES string of the molecule is Cn1ccc(CC(CCl)(CCl)c2cccc(Cl)c2)n1. The second kappa shape index (κ2) is 6.17. The molecule has 2 rings (SSSR count). The van der Waals surface area contributed by atoms with Crippen LogP contribution in [-0.4, -0.2) is 21.5 Å². The van der Waals surface area contributed by atoms with Gasteiger partial charge in [-0.25, -0.2) is 0 Å². The van der Waals surface area contributed by atoms with E-state index in [0.29, 0.717) is 23.2 Å². The van der Waals surface area contributed by atoms with E-state index in [1.807, 2.05) is 43.6 Å². The first-order valence-corrected chi connectivity index (χ1v) is 7.41. The molecule has 0 aliphatic heterocycles. The van der Waals surface area contributed by atoms with Gasteiger partial charge < -0.3 is 0 Å². The van der Waals surface area contributed by atoms with Crippen molar-refractivity contribution in [1.82, 2.24) is 9.78 Å². The van der Waals surface area contributed by atoms with E-state index in [2.05, 4.69) is 5.10 Å². The first-order chi connectivity index (χ1) is 9.09. The van der Waals surface area contributed by atoms with Gasteiger partial charge >= 0.3 is 0 Å². The van der Waals surface area contributed by atoms with Crippen molar-refractivity contribution in [2.45, 2.75) is 11.8 Å². The van der Waals surface area contributed by atoms with Crippen LogP contribution in [0.4, 0.5) is 0 Å². The van der Waals surface area contributed by atoms with Crippen LogP contribution in [0.25, 0.3) is 0 Å². The molecule has 0 saturated carbocycles. The van der Waals surface area contributed by atoms with Crippen LogP contribution in [0.2, 0.25) is 5.02 Å². The lowest BCUT2D eigenvalue weighted by Crippen LogP contribution is -2.33. The topological polar surface area (TPSA) is 17.8 Å². The highest BCUT2D eigenvalue weighted by Crippen LogP contribution is 2.32. The van der Waals surface area contributed by atoms with E-state index in [-0.39, 0.29) is 5.41 Å². The van der Waals surface area contributed by atoms with Crippen LogP contribution in [0, 0.1) is 0 Å². The quantitative estimate of drug-likeness (QED) is 0.761. The van der Waals surface area contributed by atoms with E-state index in [1.54, 1.807) is 4.68 Å². The molecule has 0 atom stereocenters. The van der Waals surface area contributed by atoms with Crippen molar-refractivity contribution in [3.05, 3.63) is 52.8 Å². The molecule has 0 aliphatic rings. The van der Waals surface area contributed by atoms with Crippen molar-refractivity contribution >= 4 is 34.8 Å². The fraction of sp³-hybridized carbons (Fsp3) is 0.357. The van der Waals surface area contributed by atoms with Crippen molar-refractivity contribution < 1.29 is 0 Å². The van der Waals surface area contributed by atoms with Gasteiger partial charge in [-0.05, 0) is 23.8 Å². The Balaban J connectivity index is 2.37. The van der Waals surface area contributed by atoms with E-state index < -0.39 is 0 Å².